The molecule has 3 rings (SSSR count). The fourth-order valence-electron chi connectivity index (χ4n) is 2.54. The zero-order valence-corrected chi connectivity index (χ0v) is 17.2. The van der Waals surface area contributed by atoms with E-state index >= 15 is 0 Å². The van der Waals surface area contributed by atoms with Crippen molar-refractivity contribution < 1.29 is 14.7 Å². The van der Waals surface area contributed by atoms with Crippen LogP contribution in [-0.2, 0) is 17.8 Å². The predicted octanol–water partition coefficient (Wildman–Crippen LogP) is 3.40. The number of aryl methyl sites for hydroxylation is 2. The van der Waals surface area contributed by atoms with Crippen molar-refractivity contribution in [3.63, 3.8) is 0 Å². The van der Waals surface area contributed by atoms with Crippen molar-refractivity contribution in [3.8, 4) is 0 Å². The zero-order chi connectivity index (χ0) is 19.9. The SMILES string of the molecule is O=C(CSc1ccc(Br)cc1)Nc1cn(CCc2ccccc2)nc1C(=O)O.[CaH2]. The summed E-state index contributed by atoms with van der Waals surface area (Å²) in [7, 11) is 0. The number of aromatic nitrogens is 2. The van der Waals surface area contributed by atoms with E-state index in [4.69, 9.17) is 0 Å². The van der Waals surface area contributed by atoms with Crippen LogP contribution in [-0.4, -0.2) is 70.3 Å². The quantitative estimate of drug-likeness (QED) is 0.365. The van der Waals surface area contributed by atoms with Gasteiger partial charge in [-0.15, -0.1) is 11.8 Å². The fraction of sp³-hybridized carbons (Fsp3) is 0.150. The van der Waals surface area contributed by atoms with Crippen LogP contribution >= 0.6 is 27.7 Å². The van der Waals surface area contributed by atoms with Crippen LogP contribution in [0.1, 0.15) is 16.1 Å². The molecule has 0 fully saturated rings. The Labute approximate surface area is 211 Å². The second-order valence-corrected chi connectivity index (χ2v) is 7.95. The van der Waals surface area contributed by atoms with Crippen LogP contribution in [0.4, 0.5) is 5.69 Å². The summed E-state index contributed by atoms with van der Waals surface area (Å²) in [5.74, 6) is -1.28. The number of halogens is 1. The van der Waals surface area contributed by atoms with Gasteiger partial charge < -0.3 is 10.4 Å². The molecule has 1 heterocycles. The molecule has 0 unspecified atom stereocenters. The number of hydrogen-bond donors (Lipinski definition) is 2. The summed E-state index contributed by atoms with van der Waals surface area (Å²) in [6, 6.07) is 17.5. The number of nitrogens with one attached hydrogen (secondary N) is 1. The van der Waals surface area contributed by atoms with Gasteiger partial charge in [0.05, 0.1) is 11.4 Å². The van der Waals surface area contributed by atoms with Crippen molar-refractivity contribution in [2.75, 3.05) is 11.1 Å². The van der Waals surface area contributed by atoms with Crippen molar-refractivity contribution in [2.45, 2.75) is 17.9 Å². The molecule has 3 aromatic rings. The third kappa shape index (κ3) is 7.46. The average molecular weight is 502 g/mol. The Bertz CT molecular complexity index is 965. The van der Waals surface area contributed by atoms with Gasteiger partial charge in [0.15, 0.2) is 5.69 Å². The van der Waals surface area contributed by atoms with Gasteiger partial charge in [-0.2, -0.15) is 5.10 Å². The Morgan fingerprint density at radius 2 is 1.79 bits per heavy atom. The van der Waals surface area contributed by atoms with E-state index in [0.29, 0.717) is 13.0 Å². The second-order valence-electron chi connectivity index (χ2n) is 5.99. The number of rotatable bonds is 8. The first kappa shape index (κ1) is 24.0. The van der Waals surface area contributed by atoms with Crippen LogP contribution in [0.25, 0.3) is 0 Å². The van der Waals surface area contributed by atoms with Gasteiger partial charge in [0.1, 0.15) is 0 Å². The molecular weight excluding hydrogens is 482 g/mol. The molecule has 1 aromatic heterocycles. The van der Waals surface area contributed by atoms with E-state index < -0.39 is 5.97 Å². The number of aromatic carboxylic acids is 1. The molecule has 0 saturated heterocycles. The number of hydrogen-bond acceptors (Lipinski definition) is 4. The Hall–Kier alpha value is -1.32. The topological polar surface area (TPSA) is 84.2 Å². The van der Waals surface area contributed by atoms with Crippen molar-refractivity contribution in [3.05, 3.63) is 76.5 Å². The van der Waals surface area contributed by atoms with E-state index in [1.165, 1.54) is 11.8 Å². The minimum atomic E-state index is -1.17. The zero-order valence-electron chi connectivity index (χ0n) is 14.8. The fourth-order valence-corrected chi connectivity index (χ4v) is 3.50. The molecule has 2 N–H and O–H groups in total. The van der Waals surface area contributed by atoms with Crippen LogP contribution in [0.15, 0.2) is 70.2 Å². The number of nitrogens with zero attached hydrogens (tertiary/aromatic N) is 2. The average Bonchev–Trinajstić information content (AvgIpc) is 3.10. The molecule has 0 radical (unpaired) electrons. The molecule has 0 spiro atoms. The van der Waals surface area contributed by atoms with Gasteiger partial charge >= 0.3 is 43.7 Å². The van der Waals surface area contributed by atoms with Crippen LogP contribution in [0.2, 0.25) is 0 Å². The third-order valence-corrected chi connectivity index (χ3v) is 5.44. The van der Waals surface area contributed by atoms with Crippen LogP contribution in [0.5, 0.6) is 0 Å². The Morgan fingerprint density at radius 1 is 1.10 bits per heavy atom. The summed E-state index contributed by atoms with van der Waals surface area (Å²) >= 11 is 4.75. The maximum atomic E-state index is 12.2. The molecule has 0 saturated carbocycles. The predicted molar refractivity (Wildman–Crippen MR) is 121 cm³/mol. The van der Waals surface area contributed by atoms with Gasteiger partial charge in [-0.3, -0.25) is 9.48 Å². The maximum absolute atomic E-state index is 12.2. The van der Waals surface area contributed by atoms with E-state index in [1.54, 1.807) is 10.9 Å². The molecule has 0 atom stereocenters. The molecule has 1 amide bonds. The number of carbonyl (C=O) groups is 2. The first-order chi connectivity index (χ1) is 13.5. The Morgan fingerprint density at radius 3 is 2.45 bits per heavy atom. The molecule has 148 valence electrons. The van der Waals surface area contributed by atoms with Crippen LogP contribution < -0.4 is 5.32 Å². The van der Waals surface area contributed by atoms with Crippen molar-refractivity contribution in [1.82, 2.24) is 9.78 Å². The molecule has 29 heavy (non-hydrogen) atoms. The van der Waals surface area contributed by atoms with E-state index in [9.17, 15) is 14.7 Å². The van der Waals surface area contributed by atoms with Crippen LogP contribution in [0, 0.1) is 0 Å². The molecule has 2 aromatic carbocycles. The standard InChI is InChI=1S/C20H18BrN3O3S.Ca.2H/c21-15-6-8-16(9-7-15)28-13-18(25)22-17-12-24(23-19(17)20(26)27)11-10-14-4-2-1-3-5-14;;;/h1-9,12H,10-11,13H2,(H,22,25)(H,26,27);;;. The number of thioether (sulfide) groups is 1. The monoisotopic (exact) mass is 501 g/mol. The number of amides is 1. The van der Waals surface area contributed by atoms with E-state index in [1.807, 2.05) is 54.6 Å². The molecular formula is C20H20BrCaN3O3S. The summed E-state index contributed by atoms with van der Waals surface area (Å²) in [5, 5.41) is 16.1. The normalized spacial score (nSPS) is 10.2. The molecule has 0 aliphatic heterocycles. The summed E-state index contributed by atoms with van der Waals surface area (Å²) in [6.45, 7) is 0.522. The van der Waals surface area contributed by atoms with Crippen LogP contribution in [0.3, 0.4) is 0 Å². The van der Waals surface area contributed by atoms with Crippen molar-refractivity contribution in [2.24, 2.45) is 0 Å². The van der Waals surface area contributed by atoms with Gasteiger partial charge in [0, 0.05) is 22.1 Å². The minimum absolute atomic E-state index is 0. The van der Waals surface area contributed by atoms with E-state index in [-0.39, 0.29) is 60.8 Å². The number of carbonyl (C=O) groups excluding carboxylic acids is 1. The first-order valence-electron chi connectivity index (χ1n) is 8.54. The van der Waals surface area contributed by atoms with Gasteiger partial charge in [-0.25, -0.2) is 4.79 Å². The summed E-state index contributed by atoms with van der Waals surface area (Å²) in [6.07, 6.45) is 2.28. The summed E-state index contributed by atoms with van der Waals surface area (Å²) in [5.41, 5.74) is 1.18. The number of carboxylic acid groups (broad SMARTS) is 1. The van der Waals surface area contributed by atoms with E-state index in [2.05, 4.69) is 26.3 Å². The Balaban J connectivity index is 0.00000300. The molecule has 0 bridgehead atoms. The third-order valence-electron chi connectivity index (χ3n) is 3.89. The van der Waals surface area contributed by atoms with E-state index in [0.717, 1.165) is 14.9 Å². The summed E-state index contributed by atoms with van der Waals surface area (Å²) in [4.78, 5) is 24.7. The van der Waals surface area contributed by atoms with Gasteiger partial charge in [0.25, 0.3) is 0 Å². The van der Waals surface area contributed by atoms with Crippen molar-refractivity contribution in [1.29, 1.82) is 0 Å². The van der Waals surface area contributed by atoms with Gasteiger partial charge in [-0.1, -0.05) is 46.3 Å². The summed E-state index contributed by atoms with van der Waals surface area (Å²) < 4.78 is 2.52. The molecule has 6 nitrogen and oxygen atoms in total. The number of benzene rings is 2. The Kier molecular flexibility index (Phi) is 9.71. The number of carboxylic acids is 1. The number of anilines is 1. The molecule has 0 aliphatic rings. The van der Waals surface area contributed by atoms with Gasteiger partial charge in [-0.05, 0) is 36.2 Å². The molecule has 9 heteroatoms. The second kappa shape index (κ2) is 11.8. The first-order valence-corrected chi connectivity index (χ1v) is 10.3. The van der Waals surface area contributed by atoms with Crippen molar-refractivity contribution >= 4 is 83.0 Å². The molecule has 0 aliphatic carbocycles. The van der Waals surface area contributed by atoms with Gasteiger partial charge in [0.2, 0.25) is 5.91 Å².